The quantitative estimate of drug-likeness (QED) is 0.874. The number of hydrogen-bond acceptors (Lipinski definition) is 5. The van der Waals surface area contributed by atoms with E-state index < -0.39 is 11.1 Å². The second kappa shape index (κ2) is 5.25. The van der Waals surface area contributed by atoms with Gasteiger partial charge in [-0.1, -0.05) is 0 Å². The van der Waals surface area contributed by atoms with E-state index in [2.05, 4.69) is 20.4 Å². The summed E-state index contributed by atoms with van der Waals surface area (Å²) in [5.41, 5.74) is -1.39. The van der Waals surface area contributed by atoms with E-state index in [0.717, 1.165) is 0 Å². The fourth-order valence-electron chi connectivity index (χ4n) is 1.52. The van der Waals surface area contributed by atoms with Crippen LogP contribution in [0.15, 0.2) is 31.0 Å². The molecule has 2 aromatic heterocycles. The number of carbonyl (C=O) groups excluding carboxylic acids is 1. The van der Waals surface area contributed by atoms with Gasteiger partial charge in [0.1, 0.15) is 12.7 Å². The van der Waals surface area contributed by atoms with Crippen molar-refractivity contribution in [2.45, 2.75) is 38.8 Å². The molecule has 0 fully saturated rings. The largest absolute Gasteiger partial charge is 0.388 e. The topological polar surface area (TPSA) is 92.9 Å². The first kappa shape index (κ1) is 15.1. The molecule has 0 aliphatic carbocycles. The van der Waals surface area contributed by atoms with E-state index >= 15 is 0 Å². The first-order valence-electron chi connectivity index (χ1n) is 6.57. The van der Waals surface area contributed by atoms with E-state index in [4.69, 9.17) is 0 Å². The second-order valence-electron chi connectivity index (χ2n) is 5.88. The minimum atomic E-state index is -1.05. The van der Waals surface area contributed by atoms with Gasteiger partial charge in [0.15, 0.2) is 5.82 Å². The summed E-state index contributed by atoms with van der Waals surface area (Å²) in [7, 11) is 0. The van der Waals surface area contributed by atoms with Crippen LogP contribution in [0.1, 0.15) is 38.1 Å². The van der Waals surface area contributed by atoms with Gasteiger partial charge in [-0.25, -0.2) is 14.6 Å². The summed E-state index contributed by atoms with van der Waals surface area (Å²) in [5, 5.41) is 16.9. The number of rotatable bonds is 4. The Balaban J connectivity index is 2.23. The molecule has 1 amide bonds. The molecule has 0 unspecified atom stereocenters. The molecule has 0 atom stereocenters. The molecule has 7 heteroatoms. The fraction of sp³-hybridized carbons (Fsp3) is 0.429. The lowest BCUT2D eigenvalue weighted by Crippen LogP contribution is -2.57. The molecule has 21 heavy (non-hydrogen) atoms. The monoisotopic (exact) mass is 289 g/mol. The maximum atomic E-state index is 12.3. The molecular formula is C14H19N5O2. The number of aliphatic hydroxyl groups is 1. The Hall–Kier alpha value is -2.28. The number of nitrogens with one attached hydrogen (secondary N) is 1. The number of pyridine rings is 1. The van der Waals surface area contributed by atoms with Gasteiger partial charge in [-0.2, -0.15) is 5.10 Å². The smallest absolute Gasteiger partial charge is 0.251 e. The molecule has 2 N–H and O–H groups in total. The van der Waals surface area contributed by atoms with Gasteiger partial charge < -0.3 is 10.4 Å². The molecule has 7 nitrogen and oxygen atoms in total. The normalized spacial score (nSPS) is 12.2. The van der Waals surface area contributed by atoms with Crippen LogP contribution >= 0.6 is 0 Å². The van der Waals surface area contributed by atoms with Crippen LogP contribution < -0.4 is 5.32 Å². The Morgan fingerprint density at radius 1 is 1.33 bits per heavy atom. The Morgan fingerprint density at radius 2 is 2.05 bits per heavy atom. The summed E-state index contributed by atoms with van der Waals surface area (Å²) in [6.07, 6.45) is 4.43. The zero-order valence-corrected chi connectivity index (χ0v) is 12.5. The maximum absolute atomic E-state index is 12.3. The van der Waals surface area contributed by atoms with Gasteiger partial charge in [-0.15, -0.1) is 0 Å². The number of nitrogens with zero attached hydrogens (tertiary/aromatic N) is 4. The summed E-state index contributed by atoms with van der Waals surface area (Å²) < 4.78 is 1.47. The van der Waals surface area contributed by atoms with Gasteiger partial charge in [0, 0.05) is 11.8 Å². The Morgan fingerprint density at radius 3 is 2.62 bits per heavy atom. The van der Waals surface area contributed by atoms with Crippen molar-refractivity contribution in [1.29, 1.82) is 0 Å². The van der Waals surface area contributed by atoms with Gasteiger partial charge in [0.2, 0.25) is 0 Å². The third-order valence-corrected chi connectivity index (χ3v) is 3.62. The molecule has 2 rings (SSSR count). The summed E-state index contributed by atoms with van der Waals surface area (Å²) in [6, 6.07) is 3.22. The molecule has 2 heterocycles. The van der Waals surface area contributed by atoms with E-state index in [0.29, 0.717) is 11.4 Å². The highest BCUT2D eigenvalue weighted by Gasteiger charge is 2.36. The molecule has 2 aromatic rings. The fourth-order valence-corrected chi connectivity index (χ4v) is 1.52. The van der Waals surface area contributed by atoms with Crippen LogP contribution in [0.5, 0.6) is 0 Å². The standard InChI is InChI=1S/C14H19N5O2/c1-13(2,14(3,4)21)18-12(20)10-5-6-16-11(7-10)19-9-15-8-17-19/h5-9,21H,1-4H3,(H,18,20). The highest BCUT2D eigenvalue weighted by Crippen LogP contribution is 2.21. The summed E-state index contributed by atoms with van der Waals surface area (Å²) >= 11 is 0. The third-order valence-electron chi connectivity index (χ3n) is 3.62. The van der Waals surface area contributed by atoms with Gasteiger partial charge in [0.05, 0.1) is 11.1 Å². The number of carbonyl (C=O) groups is 1. The van der Waals surface area contributed by atoms with Crippen molar-refractivity contribution in [2.24, 2.45) is 0 Å². The minimum Gasteiger partial charge on any atom is -0.388 e. The van der Waals surface area contributed by atoms with Gasteiger partial charge in [0.25, 0.3) is 5.91 Å². The SMILES string of the molecule is CC(C)(O)C(C)(C)NC(=O)c1ccnc(-n2cncn2)c1. The first-order valence-corrected chi connectivity index (χ1v) is 6.57. The molecular weight excluding hydrogens is 270 g/mol. The molecule has 0 saturated carbocycles. The predicted molar refractivity (Wildman–Crippen MR) is 77.0 cm³/mol. The minimum absolute atomic E-state index is 0.286. The lowest BCUT2D eigenvalue weighted by molar-refractivity contribution is -0.00293. The molecule has 0 aromatic carbocycles. The van der Waals surface area contributed by atoms with Crippen molar-refractivity contribution in [3.8, 4) is 5.82 Å². The number of aromatic nitrogens is 4. The van der Waals surface area contributed by atoms with E-state index in [1.165, 1.54) is 23.5 Å². The summed E-state index contributed by atoms with van der Waals surface area (Å²) in [5.74, 6) is 0.215. The zero-order valence-electron chi connectivity index (χ0n) is 12.5. The van der Waals surface area contributed by atoms with Crippen molar-refractivity contribution in [1.82, 2.24) is 25.1 Å². The predicted octanol–water partition coefficient (Wildman–Crippen LogP) is 0.942. The molecule has 0 aliphatic heterocycles. The second-order valence-corrected chi connectivity index (χ2v) is 5.88. The van der Waals surface area contributed by atoms with Crippen molar-refractivity contribution >= 4 is 5.91 Å². The maximum Gasteiger partial charge on any atom is 0.251 e. The van der Waals surface area contributed by atoms with E-state index in [1.807, 2.05) is 0 Å². The Kier molecular flexibility index (Phi) is 3.78. The third kappa shape index (κ3) is 3.25. The van der Waals surface area contributed by atoms with Crippen LogP contribution in [0.25, 0.3) is 5.82 Å². The van der Waals surface area contributed by atoms with E-state index in [9.17, 15) is 9.90 Å². The van der Waals surface area contributed by atoms with Crippen LogP contribution in [-0.2, 0) is 0 Å². The molecule has 0 spiro atoms. The van der Waals surface area contributed by atoms with Gasteiger partial charge >= 0.3 is 0 Å². The summed E-state index contributed by atoms with van der Waals surface area (Å²) in [4.78, 5) is 20.3. The molecule has 0 bridgehead atoms. The van der Waals surface area contributed by atoms with Crippen LogP contribution in [0.3, 0.4) is 0 Å². The first-order chi connectivity index (χ1) is 9.71. The van der Waals surface area contributed by atoms with Crippen LogP contribution in [0, 0.1) is 0 Å². The average molecular weight is 289 g/mol. The van der Waals surface area contributed by atoms with E-state index in [1.54, 1.807) is 39.8 Å². The highest BCUT2D eigenvalue weighted by molar-refractivity contribution is 5.95. The molecule has 0 saturated heterocycles. The lowest BCUT2D eigenvalue weighted by Gasteiger charge is -2.38. The molecule has 0 radical (unpaired) electrons. The number of hydrogen-bond donors (Lipinski definition) is 2. The van der Waals surface area contributed by atoms with Crippen LogP contribution in [-0.4, -0.2) is 41.9 Å². The Labute approximate surface area is 123 Å². The molecule has 112 valence electrons. The molecule has 0 aliphatic rings. The van der Waals surface area contributed by atoms with Crippen LogP contribution in [0.2, 0.25) is 0 Å². The zero-order chi connectivity index (χ0) is 15.7. The number of amides is 1. The van der Waals surface area contributed by atoms with Gasteiger partial charge in [-0.05, 0) is 39.8 Å². The van der Waals surface area contributed by atoms with Crippen molar-refractivity contribution in [3.05, 3.63) is 36.5 Å². The highest BCUT2D eigenvalue weighted by atomic mass is 16.3. The summed E-state index contributed by atoms with van der Waals surface area (Å²) in [6.45, 7) is 6.84. The lowest BCUT2D eigenvalue weighted by atomic mass is 9.86. The van der Waals surface area contributed by atoms with Crippen LogP contribution in [0.4, 0.5) is 0 Å². The van der Waals surface area contributed by atoms with Crippen molar-refractivity contribution < 1.29 is 9.90 Å². The van der Waals surface area contributed by atoms with Gasteiger partial charge in [-0.3, -0.25) is 4.79 Å². The van der Waals surface area contributed by atoms with Crippen molar-refractivity contribution in [2.75, 3.05) is 0 Å². The average Bonchev–Trinajstić information content (AvgIpc) is 2.91. The van der Waals surface area contributed by atoms with E-state index in [-0.39, 0.29) is 5.91 Å². The van der Waals surface area contributed by atoms with Crippen molar-refractivity contribution in [3.63, 3.8) is 0 Å². The Bertz CT molecular complexity index is 629.